The van der Waals surface area contributed by atoms with Gasteiger partial charge < -0.3 is 19.7 Å². The van der Waals surface area contributed by atoms with Crippen LogP contribution in [0.15, 0.2) is 0 Å². The van der Waals surface area contributed by atoms with Gasteiger partial charge >= 0.3 is 0 Å². The van der Waals surface area contributed by atoms with Gasteiger partial charge in [0.1, 0.15) is 15.4 Å². The average Bonchev–Trinajstić information content (AvgIpc) is 2.28. The van der Waals surface area contributed by atoms with Gasteiger partial charge in [0.05, 0.1) is 0 Å². The van der Waals surface area contributed by atoms with Gasteiger partial charge in [-0.15, -0.1) is 0 Å². The number of nitrogens with zero attached hydrogens (tertiary/aromatic N) is 1. The summed E-state index contributed by atoms with van der Waals surface area (Å²) in [5.41, 5.74) is 0. The highest BCUT2D eigenvalue weighted by molar-refractivity contribution is 6.36. The maximum atomic E-state index is 5.57. The van der Waals surface area contributed by atoms with Crippen molar-refractivity contribution in [3.63, 3.8) is 0 Å². The molecule has 1 heterocycles. The van der Waals surface area contributed by atoms with Crippen molar-refractivity contribution in [1.29, 1.82) is 0 Å². The van der Waals surface area contributed by atoms with E-state index >= 15 is 0 Å². The molecule has 1 N–H and O–H groups in total. The predicted molar refractivity (Wildman–Crippen MR) is 64.9 cm³/mol. The zero-order valence-corrected chi connectivity index (χ0v) is 11.4. The highest BCUT2D eigenvalue weighted by atomic mass is 28.2. The van der Waals surface area contributed by atoms with Crippen LogP contribution in [-0.2, 0) is 9.47 Å². The van der Waals surface area contributed by atoms with E-state index in [0.717, 1.165) is 26.3 Å². The molecule has 0 amide bonds. The van der Waals surface area contributed by atoms with Crippen LogP contribution in [0, 0.1) is 0 Å². The van der Waals surface area contributed by atoms with Gasteiger partial charge in [0.15, 0.2) is 0 Å². The smallest absolute Gasteiger partial charge is 0.136 e. The van der Waals surface area contributed by atoms with E-state index < -0.39 is 0 Å². The largest absolute Gasteiger partial charge is 0.357 e. The van der Waals surface area contributed by atoms with Crippen LogP contribution in [0.25, 0.3) is 0 Å². The fourth-order valence-electron chi connectivity index (χ4n) is 1.81. The van der Waals surface area contributed by atoms with Crippen molar-refractivity contribution < 1.29 is 9.47 Å². The molecule has 4 nitrogen and oxygen atoms in total. The SMILES string of the molecule is CCOC(OCC)[SiH2]CN1CCNCC1. The van der Waals surface area contributed by atoms with Crippen molar-refractivity contribution in [1.82, 2.24) is 10.2 Å². The molecule has 0 atom stereocenters. The Labute approximate surface area is 95.1 Å². The zero-order valence-electron chi connectivity index (χ0n) is 10.00. The Kier molecular flexibility index (Phi) is 7.21. The van der Waals surface area contributed by atoms with Crippen LogP contribution in [0.4, 0.5) is 0 Å². The van der Waals surface area contributed by atoms with Gasteiger partial charge in [-0.25, -0.2) is 0 Å². The highest BCUT2D eigenvalue weighted by Gasteiger charge is 2.14. The van der Waals surface area contributed by atoms with Crippen LogP contribution in [0.2, 0.25) is 0 Å². The molecule has 0 radical (unpaired) electrons. The molecule has 5 heteroatoms. The number of hydrogen-bond acceptors (Lipinski definition) is 4. The van der Waals surface area contributed by atoms with Gasteiger partial charge in [-0.05, 0) is 20.0 Å². The standard InChI is InChI=1S/C10H24N2O2Si/c1-3-13-10(14-4-2)15-9-12-7-5-11-6-8-12/h10-11H,3-9,15H2,1-2H3. The van der Waals surface area contributed by atoms with E-state index in [1.54, 1.807) is 0 Å². The number of hydrogen-bond donors (Lipinski definition) is 1. The lowest BCUT2D eigenvalue weighted by molar-refractivity contribution is -0.0834. The van der Waals surface area contributed by atoms with Crippen molar-refractivity contribution >= 4 is 9.52 Å². The summed E-state index contributed by atoms with van der Waals surface area (Å²) in [7, 11) is -0.288. The second-order valence-corrected chi connectivity index (χ2v) is 5.41. The first-order valence-electron chi connectivity index (χ1n) is 6.03. The summed E-state index contributed by atoms with van der Waals surface area (Å²) < 4.78 is 11.1. The van der Waals surface area contributed by atoms with Gasteiger partial charge in [0.25, 0.3) is 0 Å². The molecule has 0 aromatic rings. The first-order valence-corrected chi connectivity index (χ1v) is 7.84. The molecular formula is C10H24N2O2Si. The van der Waals surface area contributed by atoms with Crippen LogP contribution in [0.3, 0.4) is 0 Å². The summed E-state index contributed by atoms with van der Waals surface area (Å²) in [4.78, 5) is 2.52. The lowest BCUT2D eigenvalue weighted by atomic mass is 10.4. The molecule has 90 valence electrons. The molecular weight excluding hydrogens is 208 g/mol. The molecule has 15 heavy (non-hydrogen) atoms. The Morgan fingerprint density at radius 1 is 1.20 bits per heavy atom. The minimum atomic E-state index is -0.288. The molecule has 0 unspecified atom stereocenters. The van der Waals surface area contributed by atoms with Gasteiger partial charge in [-0.2, -0.15) is 0 Å². The Hall–Kier alpha value is 0.0569. The summed E-state index contributed by atoms with van der Waals surface area (Å²) >= 11 is 0. The summed E-state index contributed by atoms with van der Waals surface area (Å²) in [6.07, 6.45) is 1.21. The first kappa shape index (κ1) is 13.1. The molecule has 0 spiro atoms. The lowest BCUT2D eigenvalue weighted by Crippen LogP contribution is -2.46. The summed E-state index contributed by atoms with van der Waals surface area (Å²) in [6.45, 7) is 10.2. The molecule has 1 fully saturated rings. The van der Waals surface area contributed by atoms with Crippen molar-refractivity contribution in [3.8, 4) is 0 Å². The van der Waals surface area contributed by atoms with Crippen LogP contribution >= 0.6 is 0 Å². The van der Waals surface area contributed by atoms with Crippen molar-refractivity contribution in [3.05, 3.63) is 0 Å². The summed E-state index contributed by atoms with van der Waals surface area (Å²) in [5, 5.41) is 3.36. The third kappa shape index (κ3) is 5.63. The maximum absolute atomic E-state index is 5.57. The maximum Gasteiger partial charge on any atom is 0.136 e. The van der Waals surface area contributed by atoms with Crippen LogP contribution < -0.4 is 5.32 Å². The fourth-order valence-corrected chi connectivity index (χ4v) is 3.64. The zero-order chi connectivity index (χ0) is 10.9. The van der Waals surface area contributed by atoms with Gasteiger partial charge in [-0.3, -0.25) is 0 Å². The van der Waals surface area contributed by atoms with E-state index in [0.29, 0.717) is 0 Å². The Bertz CT molecular complexity index is 148. The fraction of sp³-hybridized carbons (Fsp3) is 1.00. The Morgan fingerprint density at radius 2 is 1.80 bits per heavy atom. The van der Waals surface area contributed by atoms with Gasteiger partial charge in [0.2, 0.25) is 0 Å². The molecule has 1 aliphatic heterocycles. The van der Waals surface area contributed by atoms with Crippen molar-refractivity contribution in [2.45, 2.75) is 19.8 Å². The van der Waals surface area contributed by atoms with E-state index in [-0.39, 0.29) is 15.4 Å². The molecule has 0 bridgehead atoms. The second-order valence-electron chi connectivity index (χ2n) is 3.72. The van der Waals surface area contributed by atoms with Gasteiger partial charge in [-0.1, -0.05) is 0 Å². The molecule has 0 aromatic carbocycles. The minimum Gasteiger partial charge on any atom is -0.357 e. The van der Waals surface area contributed by atoms with Crippen LogP contribution in [0.5, 0.6) is 0 Å². The van der Waals surface area contributed by atoms with Crippen molar-refractivity contribution in [2.75, 3.05) is 45.6 Å². The number of nitrogens with one attached hydrogen (secondary N) is 1. The van der Waals surface area contributed by atoms with E-state index in [4.69, 9.17) is 9.47 Å². The summed E-state index contributed by atoms with van der Waals surface area (Å²) in [5.74, 6) is 0.120. The van der Waals surface area contributed by atoms with E-state index in [1.807, 2.05) is 13.8 Å². The predicted octanol–water partition coefficient (Wildman–Crippen LogP) is -0.625. The molecule has 0 aromatic heterocycles. The lowest BCUT2D eigenvalue weighted by Gasteiger charge is -2.28. The Balaban J connectivity index is 2.13. The average molecular weight is 232 g/mol. The van der Waals surface area contributed by atoms with Crippen molar-refractivity contribution in [2.24, 2.45) is 0 Å². The quantitative estimate of drug-likeness (QED) is 0.468. The Morgan fingerprint density at radius 3 is 2.33 bits per heavy atom. The molecule has 1 saturated heterocycles. The molecule has 1 aliphatic rings. The monoisotopic (exact) mass is 232 g/mol. The summed E-state index contributed by atoms with van der Waals surface area (Å²) in [6, 6.07) is 0. The number of piperazine rings is 1. The third-order valence-electron chi connectivity index (χ3n) is 2.60. The minimum absolute atomic E-state index is 0.120. The van der Waals surface area contributed by atoms with E-state index in [2.05, 4.69) is 10.2 Å². The molecule has 1 rings (SSSR count). The number of ether oxygens (including phenoxy) is 2. The van der Waals surface area contributed by atoms with E-state index in [1.165, 1.54) is 19.3 Å². The number of rotatable bonds is 7. The first-order chi connectivity index (χ1) is 7.36. The normalized spacial score (nSPS) is 19.4. The molecule has 0 saturated carbocycles. The van der Waals surface area contributed by atoms with Crippen LogP contribution in [-0.4, -0.2) is 65.9 Å². The molecule has 0 aliphatic carbocycles. The van der Waals surface area contributed by atoms with Gasteiger partial charge in [0, 0.05) is 39.4 Å². The van der Waals surface area contributed by atoms with E-state index in [9.17, 15) is 0 Å². The van der Waals surface area contributed by atoms with Crippen LogP contribution in [0.1, 0.15) is 13.8 Å². The topological polar surface area (TPSA) is 33.7 Å². The third-order valence-corrected chi connectivity index (χ3v) is 4.43. The highest BCUT2D eigenvalue weighted by Crippen LogP contribution is 1.96. The second kappa shape index (κ2) is 8.24.